The van der Waals surface area contributed by atoms with Gasteiger partial charge in [-0.05, 0) is 61.4 Å². The molecule has 0 saturated carbocycles. The van der Waals surface area contributed by atoms with Gasteiger partial charge in [-0.15, -0.1) is 0 Å². The van der Waals surface area contributed by atoms with E-state index in [0.29, 0.717) is 55.6 Å². The number of hydrogen-bond donors (Lipinski definition) is 8. The number of anilines is 2. The summed E-state index contributed by atoms with van der Waals surface area (Å²) in [5, 5.41) is 20.1. The summed E-state index contributed by atoms with van der Waals surface area (Å²) in [4.78, 5) is 140. The van der Waals surface area contributed by atoms with Crippen LogP contribution in [-0.4, -0.2) is 188 Å². The van der Waals surface area contributed by atoms with E-state index in [-0.39, 0.29) is 116 Å². The number of carbonyl (C=O) groups excluding carboxylic acids is 10. The van der Waals surface area contributed by atoms with Gasteiger partial charge in [-0.1, -0.05) is 57.5 Å². The van der Waals surface area contributed by atoms with Crippen LogP contribution in [-0.2, 0) is 54.3 Å². The Hall–Kier alpha value is -7.47. The quantitative estimate of drug-likeness (QED) is 0.0259. The summed E-state index contributed by atoms with van der Waals surface area (Å²) in [7, 11) is 13.9. The number of nitrogens with zero attached hydrogens (tertiary/aromatic N) is 4. The van der Waals surface area contributed by atoms with Crippen LogP contribution < -0.4 is 43.0 Å². The van der Waals surface area contributed by atoms with Gasteiger partial charge in [0.15, 0.2) is 0 Å². The zero-order chi connectivity index (χ0) is 66.9. The van der Waals surface area contributed by atoms with Gasteiger partial charge in [0.25, 0.3) is 11.8 Å². The normalized spacial score (nSPS) is 17.0. The third-order valence-corrected chi connectivity index (χ3v) is 17.0. The first-order valence-electron chi connectivity index (χ1n) is 31.9. The molecule has 0 aliphatic carbocycles. The number of imide groups is 1. The number of nitrogens with two attached hydrogens (primary N) is 1. The SMILES string of the molecule is [B]=C(N[C@H](C(=O)N(C)[C@@H]([C@@H](C)CC)[C@@H](CC(=O)N1CCC[C@H]1C[C@@H](C)C(=O)N[C@@H](Cc1ccccc1)C(=O)Nc1ccc(NC(=O)[C@H](CCCNC(N)=O)NC(=O)[C@@H](NC(=O)CCCCCN2C(=O)C=CC2=O)C(C)C)cc1)OC)C(C)C)[C@H](C(C)C)N(C)C. The van der Waals surface area contributed by atoms with Crippen molar-refractivity contribution in [3.63, 3.8) is 0 Å². The Bertz CT molecular complexity index is 2760. The molecule has 90 heavy (non-hydrogen) atoms. The number of carbonyl (C=O) groups is 10. The summed E-state index contributed by atoms with van der Waals surface area (Å²) in [6.07, 6.45) is 6.47. The van der Waals surface area contributed by atoms with Crippen LogP contribution >= 0.6 is 0 Å². The van der Waals surface area contributed by atoms with Crippen LogP contribution in [0, 0.1) is 29.6 Å². The molecule has 11 amide bonds. The number of amides is 11. The van der Waals surface area contributed by atoms with Gasteiger partial charge in [-0.3, -0.25) is 38.5 Å². The fourth-order valence-corrected chi connectivity index (χ4v) is 11.9. The van der Waals surface area contributed by atoms with Crippen molar-refractivity contribution in [1.82, 2.24) is 46.2 Å². The van der Waals surface area contributed by atoms with Crippen LogP contribution in [0.25, 0.3) is 0 Å². The Balaban J connectivity index is 1.41. The molecule has 23 nitrogen and oxygen atoms in total. The number of rotatable bonds is 38. The third kappa shape index (κ3) is 23.1. The predicted molar refractivity (Wildman–Crippen MR) is 350 cm³/mol. The Kier molecular flexibility index (Phi) is 30.8. The molecule has 24 heteroatoms. The minimum atomic E-state index is -1.11. The molecule has 495 valence electrons. The van der Waals surface area contributed by atoms with E-state index in [4.69, 9.17) is 18.0 Å². The van der Waals surface area contributed by atoms with Crippen molar-refractivity contribution in [3.05, 3.63) is 72.3 Å². The standard InChI is InChI=1S/C66H102BN12O11/c1-14-43(8)59(77(12)65(88)57(41(4)5)75-60(67)58(42(6)7)76(10)11)51(90-13)39-55(83)78-36-22-25-48(78)37-44(9)61(84)73-50(38-45-23-17-15-18-24-45)63(86)71-47-30-28-46(29-31-47)70-62(85)49(26-21-34-69-66(68)89)72-64(87)56(40(2)3)74-52(80)27-19-16-20-35-79-53(81)32-33-54(79)82/h15,17-18,23-24,28-33,40-44,48-51,56-59,75H,14,16,19-22,25-27,34-39H2,1-13H3,(H,70,85)(H,71,86)(H,72,87)(H,73,84)(H,74,80)(H3,68,69,89)/t43-,44+,48-,49-,50-,51+,56-,57-,58-,59-/m0/s1. The number of unbranched alkanes of at least 4 members (excludes halogenated alkanes) is 2. The molecule has 9 N–H and O–H groups in total. The summed E-state index contributed by atoms with van der Waals surface area (Å²) in [6.45, 7) is 18.4. The molecule has 10 atom stereocenters. The third-order valence-electron chi connectivity index (χ3n) is 17.0. The number of urea groups is 1. The Morgan fingerprint density at radius 1 is 0.711 bits per heavy atom. The van der Waals surface area contributed by atoms with Crippen LogP contribution in [0.2, 0.25) is 0 Å². The van der Waals surface area contributed by atoms with Gasteiger partial charge < -0.3 is 37.6 Å². The van der Waals surface area contributed by atoms with Crippen LogP contribution in [0.1, 0.15) is 139 Å². The molecule has 2 aromatic rings. The molecule has 2 aliphatic heterocycles. The fraction of sp³-hybridized carbons (Fsp3) is 0.621. The first-order valence-corrected chi connectivity index (χ1v) is 31.9. The molecule has 4 rings (SSSR count). The molecule has 2 aromatic carbocycles. The van der Waals surface area contributed by atoms with E-state index in [9.17, 15) is 47.9 Å². The van der Waals surface area contributed by atoms with E-state index in [2.05, 4.69) is 64.9 Å². The Morgan fingerprint density at radius 2 is 1.30 bits per heavy atom. The molecule has 0 aromatic heterocycles. The average molecular weight is 1250 g/mol. The van der Waals surface area contributed by atoms with E-state index in [1.807, 2.05) is 68.1 Å². The summed E-state index contributed by atoms with van der Waals surface area (Å²) in [5.41, 5.74) is 7.28. The predicted octanol–water partition coefficient (Wildman–Crippen LogP) is 4.64. The maximum atomic E-state index is 14.5. The number of nitrogens with one attached hydrogen (secondary N) is 7. The summed E-state index contributed by atoms with van der Waals surface area (Å²) in [6, 6.07) is 10.3. The van der Waals surface area contributed by atoms with Crippen molar-refractivity contribution in [3.8, 4) is 0 Å². The molecule has 0 spiro atoms. The first kappa shape index (κ1) is 75.0. The van der Waals surface area contributed by atoms with Crippen molar-refractivity contribution < 1.29 is 52.7 Å². The van der Waals surface area contributed by atoms with E-state index >= 15 is 0 Å². The fourth-order valence-electron chi connectivity index (χ4n) is 11.9. The summed E-state index contributed by atoms with van der Waals surface area (Å²) >= 11 is 0. The number of methoxy groups -OCH3 is 1. The summed E-state index contributed by atoms with van der Waals surface area (Å²) < 4.78 is 6.11. The average Bonchev–Trinajstić information content (AvgIpc) is 1.50. The van der Waals surface area contributed by atoms with Gasteiger partial charge >= 0.3 is 222 Å². The first-order chi connectivity index (χ1) is 42.6. The number of primary amides is 1. The van der Waals surface area contributed by atoms with Crippen molar-refractivity contribution >= 4 is 83.6 Å². The Morgan fingerprint density at radius 3 is 1.84 bits per heavy atom. The second-order valence-corrected chi connectivity index (χ2v) is 25.4. The second kappa shape index (κ2) is 37.0. The Labute approximate surface area is 534 Å². The zero-order valence-electron chi connectivity index (χ0n) is 55.4. The van der Waals surface area contributed by atoms with Crippen LogP contribution in [0.3, 0.4) is 0 Å². The van der Waals surface area contributed by atoms with E-state index < -0.39 is 66.0 Å². The van der Waals surface area contributed by atoms with Gasteiger partial charge in [-0.25, -0.2) is 4.79 Å². The van der Waals surface area contributed by atoms with E-state index in [1.165, 1.54) is 12.2 Å². The van der Waals surface area contributed by atoms with Crippen molar-refractivity contribution in [2.45, 2.75) is 188 Å². The maximum absolute atomic E-state index is 14.5. The van der Waals surface area contributed by atoms with Gasteiger partial charge in [0.05, 0.1) is 0 Å². The number of ether oxygens (including phenoxy) is 1. The molecular weight excluding hydrogens is 1150 g/mol. The van der Waals surface area contributed by atoms with Crippen molar-refractivity contribution in [1.29, 1.82) is 0 Å². The van der Waals surface area contributed by atoms with Gasteiger partial charge in [-0.2, -0.15) is 0 Å². The number of likely N-dealkylation sites (tertiary alicyclic amines) is 1. The van der Waals surface area contributed by atoms with Crippen LogP contribution in [0.5, 0.6) is 0 Å². The molecule has 1 saturated heterocycles. The zero-order valence-corrected chi connectivity index (χ0v) is 55.4. The van der Waals surface area contributed by atoms with E-state index in [1.54, 1.807) is 64.1 Å². The molecule has 0 unspecified atom stereocenters. The molecule has 2 aliphatic rings. The molecule has 0 bridgehead atoms. The molecule has 1 fully saturated rings. The van der Waals surface area contributed by atoms with Gasteiger partial charge in [0.1, 0.15) is 18.1 Å². The molecule has 1 radical (unpaired) electrons. The summed E-state index contributed by atoms with van der Waals surface area (Å²) in [5.74, 6) is -4.34. The van der Waals surface area contributed by atoms with Gasteiger partial charge in [0.2, 0.25) is 29.5 Å². The minimum absolute atomic E-state index is 0.0224. The van der Waals surface area contributed by atoms with E-state index in [0.717, 1.165) is 23.3 Å². The second-order valence-electron chi connectivity index (χ2n) is 25.4. The topological polar surface area (TPSA) is 303 Å². The van der Waals surface area contributed by atoms with Crippen LogP contribution in [0.15, 0.2) is 66.7 Å². The number of benzene rings is 2. The monoisotopic (exact) mass is 1250 g/mol. The number of likely N-dealkylation sites (N-methyl/N-ethyl adjacent to an activating group) is 2. The molecule has 2 heterocycles. The molecular formula is C66H102BN12O11. The van der Waals surface area contributed by atoms with Crippen molar-refractivity contribution in [2.75, 3.05) is 58.5 Å². The van der Waals surface area contributed by atoms with Crippen LogP contribution in [0.4, 0.5) is 16.2 Å². The van der Waals surface area contributed by atoms with Gasteiger partial charge in [0, 0.05) is 55.4 Å². The number of hydrogen-bond acceptors (Lipinski definition) is 13. The van der Waals surface area contributed by atoms with Crippen molar-refractivity contribution in [2.24, 2.45) is 35.3 Å².